The van der Waals surface area contributed by atoms with E-state index in [1.807, 2.05) is 37.3 Å². The van der Waals surface area contributed by atoms with Crippen LogP contribution < -0.4 is 4.74 Å². The van der Waals surface area contributed by atoms with Crippen LogP contribution in [0.5, 0.6) is 5.75 Å². The maximum Gasteiger partial charge on any atom is 0.338 e. The van der Waals surface area contributed by atoms with Crippen LogP contribution in [0.15, 0.2) is 59.0 Å². The largest absolute Gasteiger partial charge is 0.494 e. The normalized spacial score (nSPS) is 11.8. The topological polar surface area (TPSA) is 74.5 Å². The van der Waals surface area contributed by atoms with Gasteiger partial charge in [-0.05, 0) is 49.7 Å². The number of carbonyl (C=O) groups is 1. The van der Waals surface area contributed by atoms with Crippen LogP contribution in [-0.2, 0) is 4.74 Å². The molecule has 1 atom stereocenters. The monoisotopic (exact) mass is 352 g/mol. The van der Waals surface area contributed by atoms with Gasteiger partial charge in [0.1, 0.15) is 5.75 Å². The van der Waals surface area contributed by atoms with Gasteiger partial charge in [-0.2, -0.15) is 0 Å². The van der Waals surface area contributed by atoms with Gasteiger partial charge in [0, 0.05) is 5.56 Å². The Bertz CT molecular complexity index is 844. The molecule has 0 saturated heterocycles. The molecule has 1 heterocycles. The lowest BCUT2D eigenvalue weighted by molar-refractivity contribution is 0.0280. The van der Waals surface area contributed by atoms with Gasteiger partial charge in [0.05, 0.1) is 12.2 Å². The van der Waals surface area contributed by atoms with Gasteiger partial charge in [0.2, 0.25) is 5.89 Å². The fourth-order valence-electron chi connectivity index (χ4n) is 2.28. The molecule has 6 heteroatoms. The third-order valence-electron chi connectivity index (χ3n) is 3.66. The van der Waals surface area contributed by atoms with Crippen molar-refractivity contribution in [2.75, 3.05) is 6.61 Å². The summed E-state index contributed by atoms with van der Waals surface area (Å²) >= 11 is 0. The van der Waals surface area contributed by atoms with Crippen molar-refractivity contribution in [3.05, 3.63) is 66.1 Å². The van der Waals surface area contributed by atoms with Gasteiger partial charge in [-0.1, -0.05) is 25.1 Å². The van der Waals surface area contributed by atoms with E-state index in [9.17, 15) is 4.79 Å². The second-order valence-electron chi connectivity index (χ2n) is 5.73. The minimum Gasteiger partial charge on any atom is -0.494 e. The van der Waals surface area contributed by atoms with Gasteiger partial charge in [-0.3, -0.25) is 0 Å². The fourth-order valence-corrected chi connectivity index (χ4v) is 2.28. The standard InChI is InChI=1S/C20H20N2O4/c1-3-13-24-17-11-9-16(10-12-17)20(23)25-14(2)18-21-22-19(26-18)15-7-5-4-6-8-15/h4-12,14H,3,13H2,1-2H3/t14-/m1/s1. The molecule has 0 radical (unpaired) electrons. The van der Waals surface area contributed by atoms with E-state index in [1.165, 1.54) is 0 Å². The predicted molar refractivity (Wildman–Crippen MR) is 95.8 cm³/mol. The Morgan fingerprint density at radius 3 is 2.50 bits per heavy atom. The highest BCUT2D eigenvalue weighted by Crippen LogP contribution is 2.23. The van der Waals surface area contributed by atoms with E-state index >= 15 is 0 Å². The molecule has 1 aromatic heterocycles. The summed E-state index contributed by atoms with van der Waals surface area (Å²) in [6.45, 7) is 4.37. The van der Waals surface area contributed by atoms with E-state index in [0.29, 0.717) is 18.1 Å². The number of carbonyl (C=O) groups excluding carboxylic acids is 1. The van der Waals surface area contributed by atoms with E-state index in [4.69, 9.17) is 13.9 Å². The predicted octanol–water partition coefficient (Wildman–Crippen LogP) is 4.44. The maximum absolute atomic E-state index is 12.3. The number of nitrogens with zero attached hydrogens (tertiary/aromatic N) is 2. The number of esters is 1. The first kappa shape index (κ1) is 17.7. The van der Waals surface area contributed by atoms with Crippen molar-refractivity contribution in [1.29, 1.82) is 0 Å². The molecule has 26 heavy (non-hydrogen) atoms. The number of rotatable bonds is 7. The lowest BCUT2D eigenvalue weighted by Crippen LogP contribution is -2.09. The Morgan fingerprint density at radius 1 is 1.08 bits per heavy atom. The molecule has 0 bridgehead atoms. The smallest absolute Gasteiger partial charge is 0.338 e. The molecule has 0 N–H and O–H groups in total. The van der Waals surface area contributed by atoms with Gasteiger partial charge in [0.25, 0.3) is 5.89 Å². The summed E-state index contributed by atoms with van der Waals surface area (Å²) in [5, 5.41) is 7.98. The SMILES string of the molecule is CCCOc1ccc(C(=O)O[C@H](C)c2nnc(-c3ccccc3)o2)cc1. The van der Waals surface area contributed by atoms with Gasteiger partial charge in [-0.15, -0.1) is 10.2 Å². The van der Waals surface area contributed by atoms with Crippen LogP contribution in [-0.4, -0.2) is 22.8 Å². The molecular formula is C20H20N2O4. The van der Waals surface area contributed by atoms with Crippen molar-refractivity contribution in [3.63, 3.8) is 0 Å². The summed E-state index contributed by atoms with van der Waals surface area (Å²) in [5.74, 6) is 0.904. The van der Waals surface area contributed by atoms with Crippen molar-refractivity contribution in [2.45, 2.75) is 26.4 Å². The first-order chi connectivity index (χ1) is 12.7. The zero-order valence-corrected chi connectivity index (χ0v) is 14.7. The van der Waals surface area contributed by atoms with Crippen molar-refractivity contribution in [1.82, 2.24) is 10.2 Å². The Hall–Kier alpha value is -3.15. The minimum absolute atomic E-state index is 0.250. The molecule has 0 aliphatic carbocycles. The second kappa shape index (κ2) is 8.29. The molecule has 134 valence electrons. The van der Waals surface area contributed by atoms with Crippen LogP contribution in [0.3, 0.4) is 0 Å². The highest BCUT2D eigenvalue weighted by Gasteiger charge is 2.20. The summed E-state index contributed by atoms with van der Waals surface area (Å²) in [7, 11) is 0. The highest BCUT2D eigenvalue weighted by molar-refractivity contribution is 5.89. The van der Waals surface area contributed by atoms with E-state index in [1.54, 1.807) is 31.2 Å². The van der Waals surface area contributed by atoms with E-state index in [-0.39, 0.29) is 5.89 Å². The van der Waals surface area contributed by atoms with E-state index < -0.39 is 12.1 Å². The molecule has 0 fully saturated rings. The number of hydrogen-bond acceptors (Lipinski definition) is 6. The maximum atomic E-state index is 12.3. The molecule has 0 aliphatic rings. The van der Waals surface area contributed by atoms with Crippen LogP contribution in [0.25, 0.3) is 11.5 Å². The van der Waals surface area contributed by atoms with Crippen LogP contribution >= 0.6 is 0 Å². The Morgan fingerprint density at radius 2 is 1.81 bits per heavy atom. The number of benzene rings is 2. The molecule has 0 spiro atoms. The summed E-state index contributed by atoms with van der Waals surface area (Å²) < 4.78 is 16.5. The second-order valence-corrected chi connectivity index (χ2v) is 5.73. The van der Waals surface area contributed by atoms with Crippen molar-refractivity contribution >= 4 is 5.97 Å². The Labute approximate surface area is 151 Å². The third kappa shape index (κ3) is 4.27. The lowest BCUT2D eigenvalue weighted by atomic mass is 10.2. The summed E-state index contributed by atoms with van der Waals surface area (Å²) in [4.78, 5) is 12.3. The zero-order chi connectivity index (χ0) is 18.4. The first-order valence-corrected chi connectivity index (χ1v) is 8.50. The molecule has 0 aliphatic heterocycles. The van der Waals surface area contributed by atoms with Crippen LogP contribution in [0, 0.1) is 0 Å². The summed E-state index contributed by atoms with van der Waals surface area (Å²) in [6.07, 6.45) is 0.277. The number of aromatic nitrogens is 2. The van der Waals surface area contributed by atoms with Gasteiger partial charge in [0.15, 0.2) is 6.10 Å². The molecule has 0 unspecified atom stereocenters. The lowest BCUT2D eigenvalue weighted by Gasteiger charge is -2.10. The summed E-state index contributed by atoms with van der Waals surface area (Å²) in [5.41, 5.74) is 1.25. The Balaban J connectivity index is 1.63. The number of hydrogen-bond donors (Lipinski definition) is 0. The van der Waals surface area contributed by atoms with Gasteiger partial charge >= 0.3 is 5.97 Å². The molecule has 0 saturated carbocycles. The minimum atomic E-state index is -0.650. The van der Waals surface area contributed by atoms with E-state index in [2.05, 4.69) is 10.2 Å². The molecule has 2 aromatic carbocycles. The van der Waals surface area contributed by atoms with Gasteiger partial charge < -0.3 is 13.9 Å². The van der Waals surface area contributed by atoms with Crippen LogP contribution in [0.2, 0.25) is 0 Å². The Kier molecular flexibility index (Phi) is 5.63. The van der Waals surface area contributed by atoms with Crippen molar-refractivity contribution < 1.29 is 18.7 Å². The molecule has 6 nitrogen and oxygen atoms in total. The quantitative estimate of drug-likeness (QED) is 0.585. The molecule has 3 aromatic rings. The summed E-state index contributed by atoms with van der Waals surface area (Å²) in [6, 6.07) is 16.3. The first-order valence-electron chi connectivity index (χ1n) is 8.50. The molecular weight excluding hydrogens is 332 g/mol. The molecule has 3 rings (SSSR count). The third-order valence-corrected chi connectivity index (χ3v) is 3.66. The van der Waals surface area contributed by atoms with Crippen molar-refractivity contribution in [2.24, 2.45) is 0 Å². The average Bonchev–Trinajstić information content (AvgIpc) is 3.18. The van der Waals surface area contributed by atoms with Crippen molar-refractivity contribution in [3.8, 4) is 17.2 Å². The van der Waals surface area contributed by atoms with Crippen LogP contribution in [0.4, 0.5) is 0 Å². The highest BCUT2D eigenvalue weighted by atomic mass is 16.6. The van der Waals surface area contributed by atoms with Gasteiger partial charge in [-0.25, -0.2) is 4.79 Å². The average molecular weight is 352 g/mol. The fraction of sp³-hybridized carbons (Fsp3) is 0.250. The van der Waals surface area contributed by atoms with E-state index in [0.717, 1.165) is 17.7 Å². The number of ether oxygens (including phenoxy) is 2. The molecule has 0 amide bonds. The van der Waals surface area contributed by atoms with Crippen LogP contribution in [0.1, 0.15) is 42.6 Å². The zero-order valence-electron chi connectivity index (χ0n) is 14.7.